The lowest BCUT2D eigenvalue weighted by Crippen LogP contribution is -2.27. The normalized spacial score (nSPS) is 13.7. The molecule has 5 nitrogen and oxygen atoms in total. The zero-order chi connectivity index (χ0) is 17.0. The predicted molar refractivity (Wildman–Crippen MR) is 71.5 cm³/mol. The molecule has 0 bridgehead atoms. The number of esters is 1. The van der Waals surface area contributed by atoms with Crippen LogP contribution in [0.25, 0.3) is 0 Å². The van der Waals surface area contributed by atoms with E-state index in [-0.39, 0.29) is 6.42 Å². The Labute approximate surface area is 126 Å². The molecule has 0 heterocycles. The standard InChI is InChI=1S/C13H15F3O5S/c1-9(8-21-22(18,19)13(14,15)16)11-5-3-4-10(6-11)7-12(17)20-2/h3-6,9H,7-8H2,1-2H3. The molecule has 0 aliphatic heterocycles. The minimum Gasteiger partial charge on any atom is -0.469 e. The minimum atomic E-state index is -5.61. The first-order chi connectivity index (χ1) is 10.1. The number of hydrogen-bond donors (Lipinski definition) is 0. The number of methoxy groups -OCH3 is 1. The maximum Gasteiger partial charge on any atom is 0.523 e. The Morgan fingerprint density at radius 1 is 1.32 bits per heavy atom. The first-order valence-electron chi connectivity index (χ1n) is 6.18. The highest BCUT2D eigenvalue weighted by atomic mass is 32.2. The molecule has 1 atom stereocenters. The molecule has 124 valence electrons. The highest BCUT2D eigenvalue weighted by molar-refractivity contribution is 7.87. The van der Waals surface area contributed by atoms with Gasteiger partial charge in [-0.3, -0.25) is 8.98 Å². The number of rotatable bonds is 6. The molecule has 0 fully saturated rings. The quantitative estimate of drug-likeness (QED) is 0.452. The van der Waals surface area contributed by atoms with Crippen molar-refractivity contribution in [3.05, 3.63) is 35.4 Å². The fourth-order valence-electron chi connectivity index (χ4n) is 1.60. The van der Waals surface area contributed by atoms with Crippen molar-refractivity contribution in [1.29, 1.82) is 0 Å². The summed E-state index contributed by atoms with van der Waals surface area (Å²) in [4.78, 5) is 11.2. The van der Waals surface area contributed by atoms with Gasteiger partial charge in [0.1, 0.15) is 0 Å². The van der Waals surface area contributed by atoms with Crippen LogP contribution in [0.4, 0.5) is 13.2 Å². The van der Waals surface area contributed by atoms with Gasteiger partial charge in [-0.05, 0) is 11.1 Å². The number of carbonyl (C=O) groups is 1. The molecule has 0 aromatic heterocycles. The van der Waals surface area contributed by atoms with Crippen molar-refractivity contribution < 1.29 is 35.3 Å². The molecule has 0 spiro atoms. The summed E-state index contributed by atoms with van der Waals surface area (Å²) in [6.45, 7) is 0.868. The van der Waals surface area contributed by atoms with E-state index in [9.17, 15) is 26.4 Å². The van der Waals surface area contributed by atoms with Crippen molar-refractivity contribution in [2.45, 2.75) is 24.8 Å². The van der Waals surface area contributed by atoms with Crippen molar-refractivity contribution in [2.24, 2.45) is 0 Å². The van der Waals surface area contributed by atoms with Crippen molar-refractivity contribution >= 4 is 16.1 Å². The third kappa shape index (κ3) is 4.99. The fraction of sp³-hybridized carbons (Fsp3) is 0.462. The molecule has 0 saturated carbocycles. The summed E-state index contributed by atoms with van der Waals surface area (Å²) in [5.74, 6) is -1.06. The van der Waals surface area contributed by atoms with E-state index in [4.69, 9.17) is 0 Å². The summed E-state index contributed by atoms with van der Waals surface area (Å²) in [6, 6.07) is 6.46. The molecule has 0 aliphatic rings. The second kappa shape index (κ2) is 7.10. The number of halogens is 3. The number of benzene rings is 1. The Kier molecular flexibility index (Phi) is 5.95. The van der Waals surface area contributed by atoms with Crippen molar-refractivity contribution in [1.82, 2.24) is 0 Å². The van der Waals surface area contributed by atoms with E-state index in [1.807, 2.05) is 0 Å². The number of alkyl halides is 3. The average Bonchev–Trinajstić information content (AvgIpc) is 2.43. The summed E-state index contributed by atoms with van der Waals surface area (Å²) < 4.78 is 66.7. The molecule has 0 amide bonds. The van der Waals surface area contributed by atoms with Crippen molar-refractivity contribution in [2.75, 3.05) is 13.7 Å². The van der Waals surface area contributed by atoms with Gasteiger partial charge >= 0.3 is 21.6 Å². The Bertz CT molecular complexity index is 625. The molecule has 0 aliphatic carbocycles. The van der Waals surface area contributed by atoms with Crippen LogP contribution in [0.15, 0.2) is 24.3 Å². The first-order valence-corrected chi connectivity index (χ1v) is 7.59. The van der Waals surface area contributed by atoms with E-state index in [1.165, 1.54) is 14.0 Å². The van der Waals surface area contributed by atoms with Crippen LogP contribution in [0.2, 0.25) is 0 Å². The van der Waals surface area contributed by atoms with E-state index >= 15 is 0 Å². The van der Waals surface area contributed by atoms with Gasteiger partial charge in [-0.1, -0.05) is 31.2 Å². The van der Waals surface area contributed by atoms with Crippen LogP contribution in [-0.4, -0.2) is 33.6 Å². The zero-order valence-electron chi connectivity index (χ0n) is 11.9. The topological polar surface area (TPSA) is 69.7 Å². The van der Waals surface area contributed by atoms with Gasteiger partial charge in [-0.25, -0.2) is 0 Å². The van der Waals surface area contributed by atoms with Gasteiger partial charge in [0.15, 0.2) is 0 Å². The number of carbonyl (C=O) groups excluding carboxylic acids is 1. The summed E-state index contributed by atoms with van der Waals surface area (Å²) in [5, 5.41) is 0. The van der Waals surface area contributed by atoms with Crippen LogP contribution in [0.3, 0.4) is 0 Å². The molecular formula is C13H15F3O5S. The summed E-state index contributed by atoms with van der Waals surface area (Å²) in [6.07, 6.45) is 0.0127. The maximum atomic E-state index is 12.2. The van der Waals surface area contributed by atoms with Crippen molar-refractivity contribution in [3.63, 3.8) is 0 Å². The smallest absolute Gasteiger partial charge is 0.469 e. The third-order valence-electron chi connectivity index (χ3n) is 2.85. The van der Waals surface area contributed by atoms with E-state index in [1.54, 1.807) is 24.3 Å². The van der Waals surface area contributed by atoms with Gasteiger partial charge in [0.25, 0.3) is 0 Å². The van der Waals surface area contributed by atoms with Gasteiger partial charge < -0.3 is 4.74 Å². The zero-order valence-corrected chi connectivity index (χ0v) is 12.7. The predicted octanol–water partition coefficient (Wildman–Crippen LogP) is 2.37. The third-order valence-corrected chi connectivity index (χ3v) is 3.87. The first kappa shape index (κ1) is 18.4. The second-order valence-corrected chi connectivity index (χ2v) is 6.19. The molecule has 1 aromatic carbocycles. The van der Waals surface area contributed by atoms with Gasteiger partial charge in [-0.2, -0.15) is 21.6 Å². The highest BCUT2D eigenvalue weighted by Gasteiger charge is 2.47. The van der Waals surface area contributed by atoms with Gasteiger partial charge in [0.05, 0.1) is 20.1 Å². The van der Waals surface area contributed by atoms with Crippen LogP contribution < -0.4 is 0 Å². The largest absolute Gasteiger partial charge is 0.523 e. The monoisotopic (exact) mass is 340 g/mol. The lowest BCUT2D eigenvalue weighted by atomic mass is 9.99. The number of hydrogen-bond acceptors (Lipinski definition) is 5. The Morgan fingerprint density at radius 2 is 1.95 bits per heavy atom. The molecule has 0 saturated heterocycles. The lowest BCUT2D eigenvalue weighted by molar-refractivity contribution is -0.139. The molecule has 1 unspecified atom stereocenters. The molecule has 22 heavy (non-hydrogen) atoms. The maximum absolute atomic E-state index is 12.2. The number of ether oxygens (including phenoxy) is 1. The van der Waals surface area contributed by atoms with E-state index in [0.717, 1.165) is 0 Å². The van der Waals surface area contributed by atoms with Crippen molar-refractivity contribution in [3.8, 4) is 0 Å². The van der Waals surface area contributed by atoms with E-state index in [0.29, 0.717) is 11.1 Å². The Morgan fingerprint density at radius 3 is 2.50 bits per heavy atom. The van der Waals surface area contributed by atoms with E-state index < -0.39 is 34.1 Å². The molecule has 0 N–H and O–H groups in total. The fourth-order valence-corrected chi connectivity index (χ4v) is 2.12. The van der Waals surface area contributed by atoms with Crippen LogP contribution in [0.5, 0.6) is 0 Å². The average molecular weight is 340 g/mol. The summed E-state index contributed by atoms with van der Waals surface area (Å²) >= 11 is 0. The second-order valence-electron chi connectivity index (χ2n) is 4.58. The van der Waals surface area contributed by atoms with Gasteiger partial charge in [0.2, 0.25) is 0 Å². The van der Waals surface area contributed by atoms with Crippen LogP contribution in [0.1, 0.15) is 24.0 Å². The van der Waals surface area contributed by atoms with Gasteiger partial charge in [-0.15, -0.1) is 0 Å². The van der Waals surface area contributed by atoms with Crippen LogP contribution >= 0.6 is 0 Å². The van der Waals surface area contributed by atoms with Crippen LogP contribution in [-0.2, 0) is 30.3 Å². The van der Waals surface area contributed by atoms with Gasteiger partial charge in [0, 0.05) is 5.92 Å². The molecular weight excluding hydrogens is 325 g/mol. The molecule has 1 rings (SSSR count). The molecule has 9 heteroatoms. The molecule has 0 radical (unpaired) electrons. The van der Waals surface area contributed by atoms with Crippen LogP contribution in [0, 0.1) is 0 Å². The SMILES string of the molecule is COC(=O)Cc1cccc(C(C)COS(=O)(=O)C(F)(F)F)c1. The highest BCUT2D eigenvalue weighted by Crippen LogP contribution is 2.26. The summed E-state index contributed by atoms with van der Waals surface area (Å²) in [5.41, 5.74) is -4.28. The Hall–Kier alpha value is -1.61. The minimum absolute atomic E-state index is 0.0127. The Balaban J connectivity index is 2.76. The van der Waals surface area contributed by atoms with E-state index in [2.05, 4.69) is 8.92 Å². The molecule has 1 aromatic rings. The summed E-state index contributed by atoms with van der Waals surface area (Å²) in [7, 11) is -4.37. The lowest BCUT2D eigenvalue weighted by Gasteiger charge is -2.14.